The number of halogens is 1. The van der Waals surface area contributed by atoms with Crippen LogP contribution in [0.25, 0.3) is 10.9 Å². The summed E-state index contributed by atoms with van der Waals surface area (Å²) in [6, 6.07) is 15.2. The van der Waals surface area contributed by atoms with Gasteiger partial charge in [-0.3, -0.25) is 29.4 Å². The number of nitrogens with zero attached hydrogens (tertiary/aromatic N) is 7. The third kappa shape index (κ3) is 7.44. The number of piperidine rings is 3. The quantitative estimate of drug-likeness (QED) is 0.220. The number of aromatic nitrogens is 2. The van der Waals surface area contributed by atoms with E-state index in [4.69, 9.17) is 11.6 Å². The van der Waals surface area contributed by atoms with Crippen LogP contribution in [-0.2, 0) is 16.1 Å². The molecule has 0 radical (unpaired) electrons. The van der Waals surface area contributed by atoms with Crippen LogP contribution in [0.15, 0.2) is 54.9 Å². The van der Waals surface area contributed by atoms with E-state index >= 15 is 0 Å². The fourth-order valence-electron chi connectivity index (χ4n) is 9.51. The minimum atomic E-state index is -0.603. The Morgan fingerprint density at radius 2 is 1.71 bits per heavy atom. The number of hydrogen-bond acceptors (Lipinski definition) is 10. The van der Waals surface area contributed by atoms with Crippen molar-refractivity contribution in [2.75, 3.05) is 73.6 Å². The molecule has 0 aliphatic carbocycles. The molecular weight excluding hydrogens is 756 g/mol. The predicted molar refractivity (Wildman–Crippen MR) is 221 cm³/mol. The Bertz CT molecular complexity index is 2290. The monoisotopic (exact) mass is 802 g/mol. The first-order chi connectivity index (χ1) is 28.2. The number of rotatable bonds is 8. The highest BCUT2D eigenvalue weighted by atomic mass is 35.5. The van der Waals surface area contributed by atoms with Crippen molar-refractivity contribution in [3.63, 3.8) is 0 Å². The molecule has 0 saturated carbocycles. The normalized spacial score (nSPS) is 22.0. The number of pyridine rings is 1. The zero-order valence-corrected chi connectivity index (χ0v) is 33.1. The fraction of sp³-hybridized carbons (Fsp3) is 0.442. The maximum Gasteiger partial charge on any atom is 0.270 e. The summed E-state index contributed by atoms with van der Waals surface area (Å²) in [5.41, 5.74) is 6.47. The number of fused-ring (bicyclic) bond motifs is 2. The Kier molecular flexibility index (Phi) is 10.4. The SMILES string of the molecule is N#Cc1c[nH]c2c(N3CCC[C@@H](NC(=O)c4ccc(N5CCC(CN6CCN(c7ccc8c(c7)CN(C7CCC(=O)NC7=O)C8=O)CC6)CC5)cn4)C3)ccc(Cl)c12. The molecule has 300 valence electrons. The lowest BCUT2D eigenvalue weighted by Gasteiger charge is -2.40. The van der Waals surface area contributed by atoms with Gasteiger partial charge in [0.25, 0.3) is 11.8 Å². The maximum atomic E-state index is 13.3. The van der Waals surface area contributed by atoms with E-state index in [0.29, 0.717) is 47.3 Å². The van der Waals surface area contributed by atoms with Crippen LogP contribution in [0.4, 0.5) is 17.1 Å². The van der Waals surface area contributed by atoms with E-state index < -0.39 is 6.04 Å². The van der Waals surface area contributed by atoms with Gasteiger partial charge in [0.05, 0.1) is 33.7 Å². The second kappa shape index (κ2) is 15.9. The molecule has 2 aromatic carbocycles. The molecule has 2 aromatic heterocycles. The van der Waals surface area contributed by atoms with E-state index in [0.717, 1.165) is 112 Å². The third-order valence-electron chi connectivity index (χ3n) is 12.7. The number of carbonyl (C=O) groups excluding carboxylic acids is 4. The molecule has 1 unspecified atom stereocenters. The van der Waals surface area contributed by atoms with Crippen molar-refractivity contribution in [2.24, 2.45) is 5.92 Å². The largest absolute Gasteiger partial charge is 0.370 e. The number of aromatic amines is 1. The van der Waals surface area contributed by atoms with Gasteiger partial charge in [-0.2, -0.15) is 5.26 Å². The van der Waals surface area contributed by atoms with Gasteiger partial charge in [-0.1, -0.05) is 11.6 Å². The maximum absolute atomic E-state index is 13.3. The van der Waals surface area contributed by atoms with Crippen molar-refractivity contribution in [3.05, 3.63) is 82.3 Å². The van der Waals surface area contributed by atoms with E-state index in [1.165, 1.54) is 0 Å². The van der Waals surface area contributed by atoms with Gasteiger partial charge in [-0.15, -0.1) is 0 Å². The molecule has 0 spiro atoms. The van der Waals surface area contributed by atoms with Gasteiger partial charge in [0.1, 0.15) is 17.8 Å². The number of hydrogen-bond donors (Lipinski definition) is 3. The van der Waals surface area contributed by atoms with Crippen molar-refractivity contribution in [2.45, 2.75) is 57.2 Å². The number of piperazine rings is 1. The molecule has 58 heavy (non-hydrogen) atoms. The van der Waals surface area contributed by atoms with Crippen LogP contribution < -0.4 is 25.3 Å². The first-order valence-electron chi connectivity index (χ1n) is 20.4. The molecule has 9 rings (SSSR count). The molecule has 14 nitrogen and oxygen atoms in total. The molecule has 7 heterocycles. The number of H-pyrrole nitrogens is 1. The van der Waals surface area contributed by atoms with Crippen molar-refractivity contribution in [1.29, 1.82) is 5.26 Å². The molecular formula is C43H47ClN10O4. The third-order valence-corrected chi connectivity index (χ3v) is 13.0. The number of imide groups is 1. The second-order valence-corrected chi connectivity index (χ2v) is 16.7. The van der Waals surface area contributed by atoms with Crippen molar-refractivity contribution in [3.8, 4) is 6.07 Å². The summed E-state index contributed by atoms with van der Waals surface area (Å²) in [5, 5.41) is 16.4. The zero-order valence-electron chi connectivity index (χ0n) is 32.4. The van der Waals surface area contributed by atoms with Gasteiger partial charge in [0.15, 0.2) is 0 Å². The average Bonchev–Trinajstić information content (AvgIpc) is 3.83. The number of benzene rings is 2. The first-order valence-corrected chi connectivity index (χ1v) is 20.8. The number of anilines is 3. The molecule has 15 heteroatoms. The standard InChI is InChI=1S/C43H47ClN10O4/c44-34-6-8-36(40-39(34)29(21-45)22-47-40)53-13-1-2-30(26-53)48-41(56)35-7-4-32(23-46-35)51-14-11-27(12-15-51)24-50-16-18-52(19-17-50)31-3-5-33-28(20-31)25-54(43(33)58)37-9-10-38(55)49-42(37)57/h3-8,20,22-23,27,30,37,47H,1-2,9-19,24-26H2,(H,48,56)(H,49,55,57)/t30-,37?/m1/s1. The molecule has 4 saturated heterocycles. The highest BCUT2D eigenvalue weighted by molar-refractivity contribution is 6.36. The lowest BCUT2D eigenvalue weighted by atomic mass is 9.95. The molecule has 0 bridgehead atoms. The lowest BCUT2D eigenvalue weighted by Crippen LogP contribution is -2.52. The summed E-state index contributed by atoms with van der Waals surface area (Å²) in [7, 11) is 0. The van der Waals surface area contributed by atoms with Gasteiger partial charge in [0, 0.05) is 101 Å². The smallest absolute Gasteiger partial charge is 0.270 e. The van der Waals surface area contributed by atoms with E-state index in [2.05, 4.69) is 52.3 Å². The lowest BCUT2D eigenvalue weighted by molar-refractivity contribution is -0.136. The van der Waals surface area contributed by atoms with Crippen LogP contribution in [0.3, 0.4) is 0 Å². The molecule has 5 aliphatic rings. The number of nitriles is 1. The van der Waals surface area contributed by atoms with Gasteiger partial charge >= 0.3 is 0 Å². The van der Waals surface area contributed by atoms with Crippen molar-refractivity contribution in [1.82, 2.24) is 30.4 Å². The van der Waals surface area contributed by atoms with Crippen LogP contribution >= 0.6 is 11.6 Å². The number of nitrogens with one attached hydrogen (secondary N) is 3. The van der Waals surface area contributed by atoms with Crippen LogP contribution in [0.1, 0.15) is 70.5 Å². The molecule has 4 fully saturated rings. The molecule has 4 aromatic rings. The molecule has 5 aliphatic heterocycles. The van der Waals surface area contributed by atoms with Gasteiger partial charge in [-0.05, 0) is 86.1 Å². The van der Waals surface area contributed by atoms with Crippen LogP contribution in [0.2, 0.25) is 5.02 Å². The van der Waals surface area contributed by atoms with E-state index in [1.807, 2.05) is 42.6 Å². The van der Waals surface area contributed by atoms with E-state index in [9.17, 15) is 24.4 Å². The molecule has 2 atom stereocenters. The second-order valence-electron chi connectivity index (χ2n) is 16.3. The highest BCUT2D eigenvalue weighted by Crippen LogP contribution is 2.35. The number of amides is 4. The molecule has 3 N–H and O–H groups in total. The Hall–Kier alpha value is -5.65. The Balaban J connectivity index is 0.723. The predicted octanol–water partition coefficient (Wildman–Crippen LogP) is 4.29. The fourth-order valence-corrected chi connectivity index (χ4v) is 9.77. The van der Waals surface area contributed by atoms with E-state index in [-0.39, 0.29) is 36.1 Å². The average molecular weight is 803 g/mol. The van der Waals surface area contributed by atoms with Gasteiger partial charge in [-0.25, -0.2) is 4.98 Å². The molecule has 4 amide bonds. The van der Waals surface area contributed by atoms with Crippen LogP contribution in [0, 0.1) is 17.2 Å². The summed E-state index contributed by atoms with van der Waals surface area (Å²) >= 11 is 6.44. The Labute approximate surface area is 342 Å². The topological polar surface area (TPSA) is 161 Å². The Morgan fingerprint density at radius 3 is 2.47 bits per heavy atom. The summed E-state index contributed by atoms with van der Waals surface area (Å²) < 4.78 is 0. The van der Waals surface area contributed by atoms with Crippen molar-refractivity contribution < 1.29 is 19.2 Å². The first kappa shape index (κ1) is 37.9. The van der Waals surface area contributed by atoms with Gasteiger partial charge in [0.2, 0.25) is 11.8 Å². The van der Waals surface area contributed by atoms with E-state index in [1.54, 1.807) is 11.1 Å². The Morgan fingerprint density at radius 1 is 0.914 bits per heavy atom. The summed E-state index contributed by atoms with van der Waals surface area (Å²) in [6.45, 7) is 8.65. The van der Waals surface area contributed by atoms with Crippen LogP contribution in [0.5, 0.6) is 0 Å². The summed E-state index contributed by atoms with van der Waals surface area (Å²) in [5.74, 6) is -0.360. The summed E-state index contributed by atoms with van der Waals surface area (Å²) in [4.78, 5) is 69.5. The van der Waals surface area contributed by atoms with Gasteiger partial charge < -0.3 is 29.9 Å². The van der Waals surface area contributed by atoms with Crippen LogP contribution in [-0.4, -0.2) is 114 Å². The highest BCUT2D eigenvalue weighted by Gasteiger charge is 2.39. The minimum Gasteiger partial charge on any atom is -0.370 e. The summed E-state index contributed by atoms with van der Waals surface area (Å²) in [6.07, 6.45) is 8.13. The van der Waals surface area contributed by atoms with Crippen molar-refractivity contribution >= 4 is 63.2 Å². The zero-order chi connectivity index (χ0) is 39.9. The minimum absolute atomic E-state index is 0.0354. The number of carbonyl (C=O) groups is 4.